The number of ether oxygens (including phenoxy) is 6. The van der Waals surface area contributed by atoms with Gasteiger partial charge in [0.2, 0.25) is 0 Å². The Hall–Kier alpha value is -1.48. The Bertz CT molecular complexity index is 1160. The summed E-state index contributed by atoms with van der Waals surface area (Å²) in [7, 11) is 0. The van der Waals surface area contributed by atoms with Crippen LogP contribution in [0.5, 0.6) is 0 Å². The fourth-order valence-corrected chi connectivity index (χ4v) is 10.2. The minimum absolute atomic E-state index is 0.0324. The Morgan fingerprint density at radius 2 is 1.93 bits per heavy atom. The summed E-state index contributed by atoms with van der Waals surface area (Å²) in [5.41, 5.74) is -0.518. The van der Waals surface area contributed by atoms with Crippen LogP contribution >= 0.6 is 0 Å². The molecule has 8 nitrogen and oxygen atoms in total. The van der Waals surface area contributed by atoms with Crippen LogP contribution < -0.4 is 0 Å². The van der Waals surface area contributed by atoms with E-state index in [0.29, 0.717) is 25.2 Å². The monoisotopic (exact) mass is 558 g/mol. The molecular formula is C32H46O8. The molecule has 13 atom stereocenters. The molecule has 0 aromatic carbocycles. The topological polar surface area (TPSA) is 92.8 Å². The third-order valence-electron chi connectivity index (χ3n) is 12.7. The standard InChI is InChI=1S/C32H46O8/c1-9-32-37-22(15-29(7,40-32)28(5,6)39-32)16(2)20-10-11-21-25-19(14-23(30(20,21)8)35-18(4)33)17(3)31(27-26(25)36-27)13-12-24(34)38-31/h14,16-17,20-23,25-27H,9-13,15H2,1-8H3. The van der Waals surface area contributed by atoms with Crippen LogP contribution in [0.15, 0.2) is 11.6 Å². The lowest BCUT2D eigenvalue weighted by Crippen LogP contribution is -2.58. The third kappa shape index (κ3) is 3.39. The maximum Gasteiger partial charge on any atom is 0.306 e. The van der Waals surface area contributed by atoms with E-state index in [2.05, 4.69) is 54.5 Å². The summed E-state index contributed by atoms with van der Waals surface area (Å²) in [5.74, 6) is -0.372. The van der Waals surface area contributed by atoms with Crippen LogP contribution in [0.2, 0.25) is 0 Å². The Morgan fingerprint density at radius 3 is 2.58 bits per heavy atom. The van der Waals surface area contributed by atoms with E-state index in [-0.39, 0.29) is 65.4 Å². The average Bonchev–Trinajstić information content (AvgIpc) is 3.42. The molecule has 1 spiro atoms. The van der Waals surface area contributed by atoms with Gasteiger partial charge in [0.1, 0.15) is 23.4 Å². The molecule has 3 aliphatic carbocycles. The Morgan fingerprint density at radius 1 is 1.18 bits per heavy atom. The van der Waals surface area contributed by atoms with Crippen LogP contribution in [0, 0.1) is 35.0 Å². The first-order chi connectivity index (χ1) is 18.7. The van der Waals surface area contributed by atoms with Crippen LogP contribution in [-0.4, -0.2) is 59.1 Å². The number of hydrogen-bond acceptors (Lipinski definition) is 8. The van der Waals surface area contributed by atoms with Gasteiger partial charge in [-0.05, 0) is 57.4 Å². The highest BCUT2D eigenvalue weighted by molar-refractivity contribution is 5.73. The van der Waals surface area contributed by atoms with Gasteiger partial charge >= 0.3 is 11.9 Å². The summed E-state index contributed by atoms with van der Waals surface area (Å²) in [5, 5.41) is 0. The predicted molar refractivity (Wildman–Crippen MR) is 144 cm³/mol. The molecule has 0 amide bonds. The fourth-order valence-electron chi connectivity index (χ4n) is 10.2. The molecule has 4 heterocycles. The molecule has 0 aromatic rings. The molecule has 2 saturated carbocycles. The van der Waals surface area contributed by atoms with E-state index < -0.39 is 22.8 Å². The number of esters is 2. The van der Waals surface area contributed by atoms with Gasteiger partial charge in [0.15, 0.2) is 0 Å². The highest BCUT2D eigenvalue weighted by Gasteiger charge is 2.74. The molecule has 7 aliphatic rings. The maximum atomic E-state index is 12.5. The van der Waals surface area contributed by atoms with Gasteiger partial charge in [-0.3, -0.25) is 9.59 Å². The van der Waals surface area contributed by atoms with Crippen LogP contribution in [0.4, 0.5) is 0 Å². The zero-order chi connectivity index (χ0) is 28.6. The van der Waals surface area contributed by atoms with Crippen LogP contribution in [0.1, 0.15) is 93.9 Å². The van der Waals surface area contributed by atoms with Gasteiger partial charge in [-0.25, -0.2) is 0 Å². The average molecular weight is 559 g/mol. The second kappa shape index (κ2) is 8.33. The van der Waals surface area contributed by atoms with Crippen molar-refractivity contribution in [2.45, 2.75) is 141 Å². The number of carbonyl (C=O) groups is 2. The normalized spacial score (nSPS) is 54.2. The molecule has 40 heavy (non-hydrogen) atoms. The highest BCUT2D eigenvalue weighted by Crippen LogP contribution is 2.69. The van der Waals surface area contributed by atoms with Gasteiger partial charge in [-0.1, -0.05) is 33.3 Å². The van der Waals surface area contributed by atoms with E-state index in [0.717, 1.165) is 19.3 Å². The minimum atomic E-state index is -1.02. The molecular weight excluding hydrogens is 512 g/mol. The lowest BCUT2D eigenvalue weighted by molar-refractivity contribution is -0.396. The number of fused-ring (bicyclic) bond motifs is 8. The molecule has 2 bridgehead atoms. The molecule has 222 valence electrons. The van der Waals surface area contributed by atoms with Crippen LogP contribution in [-0.2, 0) is 38.0 Å². The van der Waals surface area contributed by atoms with E-state index in [1.54, 1.807) is 0 Å². The number of epoxide rings is 1. The van der Waals surface area contributed by atoms with Crippen molar-refractivity contribution in [3.63, 3.8) is 0 Å². The van der Waals surface area contributed by atoms with Gasteiger partial charge in [0.05, 0.1) is 17.8 Å². The molecule has 6 fully saturated rings. The van der Waals surface area contributed by atoms with Gasteiger partial charge in [0, 0.05) is 49.9 Å². The smallest absolute Gasteiger partial charge is 0.306 e. The predicted octanol–water partition coefficient (Wildman–Crippen LogP) is 5.07. The zero-order valence-corrected chi connectivity index (χ0v) is 25.3. The van der Waals surface area contributed by atoms with E-state index in [1.807, 2.05) is 0 Å². The Labute approximate surface area is 237 Å². The van der Waals surface area contributed by atoms with Crippen molar-refractivity contribution >= 4 is 11.9 Å². The second-order valence-corrected chi connectivity index (χ2v) is 14.8. The van der Waals surface area contributed by atoms with Crippen LogP contribution in [0.25, 0.3) is 0 Å². The second-order valence-electron chi connectivity index (χ2n) is 14.8. The van der Waals surface area contributed by atoms with Crippen LogP contribution in [0.3, 0.4) is 0 Å². The van der Waals surface area contributed by atoms with Crippen molar-refractivity contribution < 1.29 is 38.0 Å². The van der Waals surface area contributed by atoms with Crippen molar-refractivity contribution in [1.82, 2.24) is 0 Å². The summed E-state index contributed by atoms with van der Waals surface area (Å²) in [6.07, 6.45) is 6.40. The van der Waals surface area contributed by atoms with Gasteiger partial charge in [-0.15, -0.1) is 0 Å². The van der Waals surface area contributed by atoms with Crippen molar-refractivity contribution in [2.24, 2.45) is 35.0 Å². The number of rotatable bonds is 4. The fraction of sp³-hybridized carbons (Fsp3) is 0.875. The third-order valence-corrected chi connectivity index (χ3v) is 12.7. The quantitative estimate of drug-likeness (QED) is 0.268. The molecule has 8 heteroatoms. The SMILES string of the molecule is CCC12OC(C(C)C3CCC4C5C(=CC(OC(C)=O)C34C)C(C)C3(CCC(=O)O3)C3OC53)CC(C)(O1)C(C)(C)O2. The lowest BCUT2D eigenvalue weighted by atomic mass is 9.52. The van der Waals surface area contributed by atoms with Gasteiger partial charge < -0.3 is 28.4 Å². The molecule has 0 aromatic heterocycles. The summed E-state index contributed by atoms with van der Waals surface area (Å²) < 4.78 is 38.2. The van der Waals surface area contributed by atoms with E-state index >= 15 is 0 Å². The summed E-state index contributed by atoms with van der Waals surface area (Å²) in [4.78, 5) is 24.8. The Kier molecular flexibility index (Phi) is 5.70. The summed E-state index contributed by atoms with van der Waals surface area (Å²) in [6, 6.07) is 0. The van der Waals surface area contributed by atoms with Crippen molar-refractivity contribution in [3.8, 4) is 0 Å². The van der Waals surface area contributed by atoms with E-state index in [1.165, 1.54) is 12.5 Å². The molecule has 4 aliphatic heterocycles. The molecule has 7 rings (SSSR count). The van der Waals surface area contributed by atoms with Gasteiger partial charge in [-0.2, -0.15) is 0 Å². The summed E-state index contributed by atoms with van der Waals surface area (Å²) >= 11 is 0. The van der Waals surface area contributed by atoms with Crippen molar-refractivity contribution in [2.75, 3.05) is 0 Å². The van der Waals surface area contributed by atoms with E-state index in [9.17, 15) is 9.59 Å². The Balaban J connectivity index is 1.24. The molecule has 13 unspecified atom stereocenters. The summed E-state index contributed by atoms with van der Waals surface area (Å²) in [6.45, 7) is 16.7. The largest absolute Gasteiger partial charge is 0.458 e. The zero-order valence-electron chi connectivity index (χ0n) is 25.3. The molecule has 0 N–H and O–H groups in total. The first-order valence-corrected chi connectivity index (χ1v) is 15.5. The first-order valence-electron chi connectivity index (χ1n) is 15.5. The maximum absolute atomic E-state index is 12.5. The number of carbonyl (C=O) groups excluding carboxylic acids is 2. The van der Waals surface area contributed by atoms with Crippen molar-refractivity contribution in [1.29, 1.82) is 0 Å². The lowest BCUT2D eigenvalue weighted by Gasteiger charge is -2.54. The number of hydrogen-bond donors (Lipinski definition) is 0. The first kappa shape index (κ1) is 27.4. The van der Waals surface area contributed by atoms with E-state index in [4.69, 9.17) is 28.4 Å². The van der Waals surface area contributed by atoms with Gasteiger partial charge in [0.25, 0.3) is 5.97 Å². The van der Waals surface area contributed by atoms with Crippen molar-refractivity contribution in [3.05, 3.63) is 11.6 Å². The highest BCUT2D eigenvalue weighted by atomic mass is 16.9. The molecule has 4 saturated heterocycles. The minimum Gasteiger partial charge on any atom is -0.458 e. The molecule has 0 radical (unpaired) electrons.